The van der Waals surface area contributed by atoms with Gasteiger partial charge in [-0.15, -0.1) is 4.73 Å². The van der Waals surface area contributed by atoms with Crippen molar-refractivity contribution in [1.29, 1.82) is 0 Å². The minimum absolute atomic E-state index is 0.0468. The van der Waals surface area contributed by atoms with Crippen molar-refractivity contribution in [2.24, 2.45) is 5.92 Å². The Morgan fingerprint density at radius 2 is 1.90 bits per heavy atom. The molecule has 0 atom stereocenters. The Hall–Kier alpha value is -3.49. The minimum Gasteiger partial charge on any atom is -0.616 e. The highest BCUT2D eigenvalue weighted by Crippen LogP contribution is 2.27. The van der Waals surface area contributed by atoms with Gasteiger partial charge in [-0.05, 0) is 29.7 Å². The van der Waals surface area contributed by atoms with E-state index in [1.165, 1.54) is 20.3 Å². The number of rotatable bonds is 9. The number of ether oxygens (including phenoxy) is 3. The van der Waals surface area contributed by atoms with Crippen molar-refractivity contribution in [1.82, 2.24) is 10.3 Å². The molecule has 9 heteroatoms. The van der Waals surface area contributed by atoms with Gasteiger partial charge in [-0.25, -0.2) is 0 Å². The van der Waals surface area contributed by atoms with Gasteiger partial charge in [0.25, 0.3) is 5.69 Å². The molecule has 2 N–H and O–H groups in total. The summed E-state index contributed by atoms with van der Waals surface area (Å²) in [7, 11) is 4.41. The van der Waals surface area contributed by atoms with Crippen LogP contribution in [0.25, 0.3) is 6.08 Å². The monoisotopic (exact) mass is 417 g/mol. The third-order valence-electron chi connectivity index (χ3n) is 4.28. The number of nitrogens with one attached hydrogen (secondary N) is 2. The van der Waals surface area contributed by atoms with Gasteiger partial charge in [0.15, 0.2) is 17.2 Å². The highest BCUT2D eigenvalue weighted by Gasteiger charge is 2.23. The fraction of sp³-hybridized carbons (Fsp3) is 0.381. The molecule has 0 aliphatic carbocycles. The Morgan fingerprint density at radius 3 is 2.50 bits per heavy atom. The number of amides is 1. The number of carbonyl (C=O) groups is 1. The maximum Gasteiger partial charge on any atom is 0.401 e. The van der Waals surface area contributed by atoms with E-state index in [-0.39, 0.29) is 29.7 Å². The zero-order chi connectivity index (χ0) is 22.3. The second-order valence-corrected chi connectivity index (χ2v) is 6.95. The lowest BCUT2D eigenvalue weighted by Gasteiger charge is -2.12. The molecule has 0 unspecified atom stereocenters. The molecule has 162 valence electrons. The number of methoxy groups -OCH3 is 3. The summed E-state index contributed by atoms with van der Waals surface area (Å²) in [6, 6.07) is 5.24. The van der Waals surface area contributed by atoms with E-state index in [1.807, 2.05) is 13.8 Å². The Balaban J connectivity index is 2.12. The third-order valence-corrected chi connectivity index (χ3v) is 4.28. The standard InChI is InChI=1S/C21H27N3O6/c1-13(2)10-16-20(26)23-15(21(30-5)24(16)27)12-22-19(25)9-7-14-6-8-17(28-3)18(11-14)29-4/h6-9,11,13H,10,12H2,1-5H3,(H,22,25)(H,23,26). The predicted octanol–water partition coefficient (Wildman–Crippen LogP) is 1.56. The van der Waals surface area contributed by atoms with Crippen LogP contribution < -0.4 is 29.8 Å². The summed E-state index contributed by atoms with van der Waals surface area (Å²) in [5.41, 5.74) is 0.511. The van der Waals surface area contributed by atoms with Gasteiger partial charge in [0, 0.05) is 12.5 Å². The van der Waals surface area contributed by atoms with E-state index < -0.39 is 11.5 Å². The molecule has 0 bridgehead atoms. The lowest BCUT2D eigenvalue weighted by atomic mass is 10.1. The summed E-state index contributed by atoms with van der Waals surface area (Å²) in [4.78, 5) is 27.1. The van der Waals surface area contributed by atoms with Crippen molar-refractivity contribution in [3.63, 3.8) is 0 Å². The molecule has 1 amide bonds. The lowest BCUT2D eigenvalue weighted by molar-refractivity contribution is -0.622. The van der Waals surface area contributed by atoms with Gasteiger partial charge in [0.2, 0.25) is 5.91 Å². The average Bonchev–Trinajstić information content (AvgIpc) is 2.73. The number of aromatic amines is 1. The number of carbonyl (C=O) groups excluding carboxylic acids is 1. The van der Waals surface area contributed by atoms with Crippen molar-refractivity contribution >= 4 is 12.0 Å². The summed E-state index contributed by atoms with van der Waals surface area (Å²) in [5, 5.41) is 15.1. The van der Waals surface area contributed by atoms with Crippen LogP contribution in [0.15, 0.2) is 29.1 Å². The second-order valence-electron chi connectivity index (χ2n) is 6.95. The predicted molar refractivity (Wildman–Crippen MR) is 112 cm³/mol. The highest BCUT2D eigenvalue weighted by molar-refractivity contribution is 5.91. The lowest BCUT2D eigenvalue weighted by Crippen LogP contribution is -2.43. The molecule has 0 aliphatic heterocycles. The van der Waals surface area contributed by atoms with E-state index in [0.717, 1.165) is 5.56 Å². The molecule has 1 aromatic heterocycles. The van der Waals surface area contributed by atoms with Crippen molar-refractivity contribution in [2.75, 3.05) is 21.3 Å². The molecule has 0 fully saturated rings. The molecule has 0 radical (unpaired) electrons. The van der Waals surface area contributed by atoms with Gasteiger partial charge >= 0.3 is 11.4 Å². The summed E-state index contributed by atoms with van der Waals surface area (Å²) in [6.45, 7) is 3.74. The van der Waals surface area contributed by atoms with E-state index in [2.05, 4.69) is 10.3 Å². The molecule has 0 saturated heterocycles. The minimum atomic E-state index is -0.496. The van der Waals surface area contributed by atoms with Crippen LogP contribution in [0.1, 0.15) is 30.8 Å². The Morgan fingerprint density at radius 1 is 1.20 bits per heavy atom. The zero-order valence-electron chi connectivity index (χ0n) is 17.8. The Bertz CT molecular complexity index is 981. The van der Waals surface area contributed by atoms with E-state index >= 15 is 0 Å². The number of nitrogens with zero attached hydrogens (tertiary/aromatic N) is 1. The normalized spacial score (nSPS) is 11.0. The molecule has 30 heavy (non-hydrogen) atoms. The van der Waals surface area contributed by atoms with Crippen LogP contribution in [-0.2, 0) is 17.8 Å². The average molecular weight is 417 g/mol. The fourth-order valence-corrected chi connectivity index (χ4v) is 2.85. The van der Waals surface area contributed by atoms with Crippen LogP contribution in [-0.4, -0.2) is 32.2 Å². The smallest absolute Gasteiger partial charge is 0.401 e. The van der Waals surface area contributed by atoms with Gasteiger partial charge in [0.05, 0.1) is 27.9 Å². The van der Waals surface area contributed by atoms with Gasteiger partial charge in [-0.3, -0.25) is 9.59 Å². The first-order chi connectivity index (χ1) is 14.3. The topological polar surface area (TPSA) is 117 Å². The van der Waals surface area contributed by atoms with Crippen LogP contribution in [0.3, 0.4) is 0 Å². The van der Waals surface area contributed by atoms with Crippen LogP contribution in [0.2, 0.25) is 0 Å². The van der Waals surface area contributed by atoms with Gasteiger partial charge in [0.1, 0.15) is 0 Å². The molecule has 1 heterocycles. The Labute approximate surface area is 174 Å². The number of hydrogen-bond acceptors (Lipinski definition) is 6. The highest BCUT2D eigenvalue weighted by atomic mass is 16.5. The molecule has 0 saturated carbocycles. The fourth-order valence-electron chi connectivity index (χ4n) is 2.85. The summed E-state index contributed by atoms with van der Waals surface area (Å²) in [5.74, 6) is 0.805. The third kappa shape index (κ3) is 5.53. The SMILES string of the molecule is COc1ccc(C=CC(=O)NCc2[nH]c(=O)c(CC(C)C)[n+]([O-])c2OC)cc1OC. The number of aromatic nitrogens is 2. The first-order valence-corrected chi connectivity index (χ1v) is 9.40. The van der Waals surface area contributed by atoms with Crippen LogP contribution >= 0.6 is 0 Å². The van der Waals surface area contributed by atoms with E-state index in [4.69, 9.17) is 14.2 Å². The zero-order valence-corrected chi connectivity index (χ0v) is 17.8. The molecule has 0 spiro atoms. The molecule has 2 rings (SSSR count). The quantitative estimate of drug-likeness (QED) is 0.363. The van der Waals surface area contributed by atoms with Gasteiger partial charge in [-0.1, -0.05) is 19.9 Å². The van der Waals surface area contributed by atoms with E-state index in [9.17, 15) is 14.8 Å². The molecule has 1 aromatic carbocycles. The molecule has 2 aromatic rings. The Kier molecular flexibility index (Phi) is 7.85. The van der Waals surface area contributed by atoms with Gasteiger partial charge < -0.3 is 29.7 Å². The number of benzene rings is 1. The van der Waals surface area contributed by atoms with E-state index in [1.54, 1.807) is 31.4 Å². The summed E-state index contributed by atoms with van der Waals surface area (Å²) >= 11 is 0. The molecule has 0 aliphatic rings. The van der Waals surface area contributed by atoms with Crippen molar-refractivity contribution in [3.8, 4) is 17.4 Å². The van der Waals surface area contributed by atoms with Crippen molar-refractivity contribution in [2.45, 2.75) is 26.8 Å². The summed E-state index contributed by atoms with van der Waals surface area (Å²) in [6.07, 6.45) is 3.26. The maximum atomic E-state index is 12.5. The molecule has 9 nitrogen and oxygen atoms in total. The van der Waals surface area contributed by atoms with Crippen LogP contribution in [0, 0.1) is 11.1 Å². The van der Waals surface area contributed by atoms with E-state index in [0.29, 0.717) is 22.7 Å². The van der Waals surface area contributed by atoms with Crippen molar-refractivity contribution in [3.05, 3.63) is 56.8 Å². The molecular formula is C21H27N3O6. The largest absolute Gasteiger partial charge is 0.616 e. The van der Waals surface area contributed by atoms with Gasteiger partial charge in [-0.2, -0.15) is 0 Å². The second kappa shape index (κ2) is 10.3. The summed E-state index contributed by atoms with van der Waals surface area (Å²) < 4.78 is 16.0. The van der Waals surface area contributed by atoms with Crippen LogP contribution in [0.5, 0.6) is 17.4 Å². The maximum absolute atomic E-state index is 12.5. The first kappa shape index (κ1) is 22.8. The number of H-pyrrole nitrogens is 1. The molecular weight excluding hydrogens is 390 g/mol. The number of hydrogen-bond donors (Lipinski definition) is 2. The van der Waals surface area contributed by atoms with Crippen LogP contribution in [0.4, 0.5) is 0 Å². The van der Waals surface area contributed by atoms with Crippen molar-refractivity contribution < 1.29 is 23.7 Å². The first-order valence-electron chi connectivity index (χ1n) is 9.40.